The molecule has 1 aromatic carbocycles. The van der Waals surface area contributed by atoms with Crippen LogP contribution in [0.3, 0.4) is 0 Å². The van der Waals surface area contributed by atoms with Crippen LogP contribution in [-0.2, 0) is 18.9 Å². The van der Waals surface area contributed by atoms with Gasteiger partial charge in [0.2, 0.25) is 0 Å². The fraction of sp³-hybridized carbons (Fsp3) is 0.375. The van der Waals surface area contributed by atoms with E-state index in [4.69, 9.17) is 14.0 Å². The highest BCUT2D eigenvalue weighted by Gasteiger charge is 2.36. The highest BCUT2D eigenvalue weighted by molar-refractivity contribution is 6.65. The monoisotopic (exact) mass is 335 g/mol. The number of ether oxygens (including phenoxy) is 1. The molecule has 6 nitrogen and oxygen atoms in total. The maximum atomic E-state index is 13.6. The molecule has 1 heterocycles. The lowest BCUT2D eigenvalue weighted by molar-refractivity contribution is -0.145. The van der Waals surface area contributed by atoms with Gasteiger partial charge in [0.25, 0.3) is 0 Å². The molecule has 0 N–H and O–H groups in total. The average molecular weight is 335 g/mol. The van der Waals surface area contributed by atoms with E-state index >= 15 is 0 Å². The lowest BCUT2D eigenvalue weighted by Gasteiger charge is -2.24. The first kappa shape index (κ1) is 18.0. The van der Waals surface area contributed by atoms with E-state index in [1.54, 1.807) is 20.0 Å². The molecular formula is C16H19BFNO5. The van der Waals surface area contributed by atoms with Crippen LogP contribution in [0.2, 0.25) is 0 Å². The zero-order chi connectivity index (χ0) is 17.7. The number of nitrogens with zero attached hydrogens (tertiary/aromatic N) is 1. The van der Waals surface area contributed by atoms with Crippen LogP contribution < -0.4 is 10.2 Å². The van der Waals surface area contributed by atoms with Crippen molar-refractivity contribution in [1.82, 2.24) is 4.90 Å². The van der Waals surface area contributed by atoms with Crippen LogP contribution in [0.4, 0.5) is 4.39 Å². The molecule has 8 heteroatoms. The van der Waals surface area contributed by atoms with E-state index in [9.17, 15) is 14.0 Å². The highest BCUT2D eigenvalue weighted by atomic mass is 19.1. The van der Waals surface area contributed by atoms with Crippen molar-refractivity contribution in [2.75, 3.05) is 20.1 Å². The number of benzene rings is 1. The van der Waals surface area contributed by atoms with Crippen LogP contribution in [0.25, 0.3) is 0 Å². The first-order valence-electron chi connectivity index (χ1n) is 7.53. The van der Waals surface area contributed by atoms with Crippen molar-refractivity contribution in [2.45, 2.75) is 19.4 Å². The smallest absolute Gasteiger partial charge is 0.494 e. The predicted molar refractivity (Wildman–Crippen MR) is 86.4 cm³/mol. The SMILES string of the molecule is C=CCC(C)Oc1cc(F)ccc1B1OC(=O)CN(C)CC(=O)O1. The second kappa shape index (κ2) is 7.96. The molecule has 1 saturated heterocycles. The van der Waals surface area contributed by atoms with Gasteiger partial charge in [-0.2, -0.15) is 0 Å². The van der Waals surface area contributed by atoms with Crippen molar-refractivity contribution in [3.8, 4) is 5.75 Å². The van der Waals surface area contributed by atoms with Gasteiger partial charge in [-0.1, -0.05) is 12.1 Å². The second-order valence-corrected chi connectivity index (χ2v) is 5.62. The van der Waals surface area contributed by atoms with E-state index in [-0.39, 0.29) is 30.4 Å². The Bertz CT molecular complexity index is 619. The van der Waals surface area contributed by atoms with Crippen molar-refractivity contribution < 1.29 is 28.0 Å². The number of hydrogen-bond acceptors (Lipinski definition) is 6. The van der Waals surface area contributed by atoms with Crippen LogP contribution in [-0.4, -0.2) is 50.2 Å². The third-order valence-corrected chi connectivity index (χ3v) is 3.33. The number of likely N-dealkylation sites (N-methyl/N-ethyl adjacent to an activating group) is 1. The van der Waals surface area contributed by atoms with Crippen molar-refractivity contribution in [3.63, 3.8) is 0 Å². The summed E-state index contributed by atoms with van der Waals surface area (Å²) in [6.07, 6.45) is 1.95. The molecule has 1 aromatic rings. The zero-order valence-corrected chi connectivity index (χ0v) is 13.7. The molecule has 0 amide bonds. The maximum Gasteiger partial charge on any atom is 0.640 e. The normalized spacial score (nSPS) is 17.4. The van der Waals surface area contributed by atoms with Crippen LogP contribution in [0, 0.1) is 5.82 Å². The Morgan fingerprint density at radius 3 is 2.58 bits per heavy atom. The molecule has 0 bridgehead atoms. The molecule has 1 aliphatic heterocycles. The Kier molecular flexibility index (Phi) is 5.97. The Morgan fingerprint density at radius 2 is 2.00 bits per heavy atom. The van der Waals surface area contributed by atoms with E-state index in [2.05, 4.69) is 6.58 Å². The van der Waals surface area contributed by atoms with Gasteiger partial charge in [-0.3, -0.25) is 14.5 Å². The third kappa shape index (κ3) is 4.82. The van der Waals surface area contributed by atoms with E-state index in [0.717, 1.165) is 0 Å². The molecule has 0 aliphatic carbocycles. The van der Waals surface area contributed by atoms with Crippen LogP contribution >= 0.6 is 0 Å². The molecule has 0 spiro atoms. The molecule has 1 unspecified atom stereocenters. The highest BCUT2D eigenvalue weighted by Crippen LogP contribution is 2.16. The first-order valence-corrected chi connectivity index (χ1v) is 7.53. The summed E-state index contributed by atoms with van der Waals surface area (Å²) in [5.74, 6) is -1.46. The van der Waals surface area contributed by atoms with Gasteiger partial charge in [0.05, 0.1) is 24.7 Å². The molecule has 0 saturated carbocycles. The van der Waals surface area contributed by atoms with Crippen molar-refractivity contribution in [2.24, 2.45) is 0 Å². The van der Waals surface area contributed by atoms with Crippen LogP contribution in [0.1, 0.15) is 13.3 Å². The molecule has 1 aliphatic rings. The van der Waals surface area contributed by atoms with E-state index in [0.29, 0.717) is 6.42 Å². The standard InChI is InChI=1S/C16H19BFNO5/c1-4-5-11(2)22-14-8-12(18)6-7-13(14)17-23-15(20)9-19(3)10-16(21)24-17/h4,6-8,11H,1,5,9-10H2,2-3H3. The predicted octanol–water partition coefficient (Wildman–Crippen LogP) is 0.896. The van der Waals surface area contributed by atoms with Gasteiger partial charge in [0.1, 0.15) is 11.6 Å². The van der Waals surface area contributed by atoms with Gasteiger partial charge >= 0.3 is 19.1 Å². The molecule has 128 valence electrons. The minimum atomic E-state index is -1.27. The molecule has 2 rings (SSSR count). The molecule has 1 fully saturated rings. The van der Waals surface area contributed by atoms with Crippen molar-refractivity contribution in [1.29, 1.82) is 0 Å². The summed E-state index contributed by atoms with van der Waals surface area (Å²) in [4.78, 5) is 25.2. The topological polar surface area (TPSA) is 65.1 Å². The fourth-order valence-electron chi connectivity index (χ4n) is 2.27. The second-order valence-electron chi connectivity index (χ2n) is 5.62. The fourth-order valence-corrected chi connectivity index (χ4v) is 2.27. The lowest BCUT2D eigenvalue weighted by atomic mass is 9.77. The van der Waals surface area contributed by atoms with E-state index < -0.39 is 24.9 Å². The Hall–Kier alpha value is -2.35. The molecule has 1 atom stereocenters. The van der Waals surface area contributed by atoms with E-state index in [1.807, 2.05) is 0 Å². The summed E-state index contributed by atoms with van der Waals surface area (Å²) in [7, 11) is 0.330. The number of halogens is 1. The minimum absolute atomic E-state index is 0.0458. The van der Waals surface area contributed by atoms with Crippen molar-refractivity contribution in [3.05, 3.63) is 36.7 Å². The number of rotatable bonds is 5. The molecule has 0 radical (unpaired) electrons. The number of hydrogen-bond donors (Lipinski definition) is 0. The first-order chi connectivity index (χ1) is 11.4. The zero-order valence-electron chi connectivity index (χ0n) is 13.7. The minimum Gasteiger partial charge on any atom is -0.494 e. The molecule has 0 aromatic heterocycles. The van der Waals surface area contributed by atoms with Gasteiger partial charge in [-0.25, -0.2) is 4.39 Å². The molecular weight excluding hydrogens is 316 g/mol. The Morgan fingerprint density at radius 1 is 1.38 bits per heavy atom. The Labute approximate surface area is 140 Å². The molecule has 24 heavy (non-hydrogen) atoms. The summed E-state index contributed by atoms with van der Waals surface area (Å²) >= 11 is 0. The summed E-state index contributed by atoms with van der Waals surface area (Å²) in [5, 5.41) is 0. The summed E-state index contributed by atoms with van der Waals surface area (Å²) in [6, 6.07) is 3.73. The quantitative estimate of drug-likeness (QED) is 0.588. The summed E-state index contributed by atoms with van der Waals surface area (Å²) < 4.78 is 29.6. The largest absolute Gasteiger partial charge is 0.640 e. The van der Waals surface area contributed by atoms with Gasteiger partial charge in [-0.05, 0) is 20.0 Å². The van der Waals surface area contributed by atoms with E-state index in [1.165, 1.54) is 23.1 Å². The van der Waals surface area contributed by atoms with Gasteiger partial charge < -0.3 is 14.0 Å². The van der Waals surface area contributed by atoms with Crippen molar-refractivity contribution >= 4 is 24.5 Å². The number of carbonyl (C=O) groups is 2. The summed E-state index contributed by atoms with van der Waals surface area (Å²) in [6.45, 7) is 5.33. The van der Waals surface area contributed by atoms with Crippen LogP contribution in [0.5, 0.6) is 5.75 Å². The van der Waals surface area contributed by atoms with Gasteiger partial charge in [0, 0.05) is 12.5 Å². The van der Waals surface area contributed by atoms with Gasteiger partial charge in [-0.15, -0.1) is 6.58 Å². The van der Waals surface area contributed by atoms with Crippen LogP contribution in [0.15, 0.2) is 30.9 Å². The summed E-state index contributed by atoms with van der Waals surface area (Å²) in [5.41, 5.74) is 0.276. The average Bonchev–Trinajstić information content (AvgIpc) is 2.45. The maximum absolute atomic E-state index is 13.6. The lowest BCUT2D eigenvalue weighted by Crippen LogP contribution is -2.48. The van der Waals surface area contributed by atoms with Gasteiger partial charge in [0.15, 0.2) is 0 Å². The third-order valence-electron chi connectivity index (χ3n) is 3.33. The number of carbonyl (C=O) groups excluding carboxylic acids is 2. The Balaban J connectivity index is 2.29.